The Morgan fingerprint density at radius 3 is 1.69 bits per heavy atom. The Morgan fingerprint density at radius 1 is 0.655 bits per heavy atom. The van der Waals surface area contributed by atoms with Gasteiger partial charge in [-0.25, -0.2) is 0 Å². The maximum absolute atomic E-state index is 13.1. The molecule has 1 aromatic carbocycles. The Hall–Kier alpha value is -5.02. The number of esters is 4. The third-order valence-corrected chi connectivity index (χ3v) is 7.87. The predicted octanol–water partition coefficient (Wildman–Crippen LogP) is 5.87. The molecule has 2 aromatic rings. The van der Waals surface area contributed by atoms with Gasteiger partial charge in [0.2, 0.25) is 23.8 Å². The van der Waals surface area contributed by atoms with E-state index in [4.69, 9.17) is 23.9 Å². The van der Waals surface area contributed by atoms with E-state index >= 15 is 0 Å². The van der Waals surface area contributed by atoms with Crippen molar-refractivity contribution in [2.75, 3.05) is 60.9 Å². The highest BCUT2D eigenvalue weighted by atomic mass is 16.6. The second-order valence-corrected chi connectivity index (χ2v) is 16.5. The number of amides is 1. The van der Waals surface area contributed by atoms with Gasteiger partial charge >= 0.3 is 23.9 Å². The van der Waals surface area contributed by atoms with Crippen LogP contribution in [-0.4, -0.2) is 112 Å². The predicted molar refractivity (Wildman–Crippen MR) is 222 cm³/mol. The number of hydrogen-bond acceptors (Lipinski definition) is 15. The molecule has 0 aliphatic carbocycles. The minimum absolute atomic E-state index is 0.000452. The molecule has 0 spiro atoms. The monoisotopic (exact) mass is 814 g/mol. The van der Waals surface area contributed by atoms with Gasteiger partial charge < -0.3 is 39.0 Å². The summed E-state index contributed by atoms with van der Waals surface area (Å²) in [7, 11) is 0. The van der Waals surface area contributed by atoms with Crippen LogP contribution in [0.5, 0.6) is 0 Å². The lowest BCUT2D eigenvalue weighted by Gasteiger charge is -2.35. The van der Waals surface area contributed by atoms with Crippen molar-refractivity contribution in [3.63, 3.8) is 0 Å². The molecule has 0 radical (unpaired) electrons. The van der Waals surface area contributed by atoms with E-state index in [1.165, 1.54) is 0 Å². The molecule has 1 N–H and O–H groups in total. The van der Waals surface area contributed by atoms with Gasteiger partial charge in [-0.3, -0.25) is 24.0 Å². The summed E-state index contributed by atoms with van der Waals surface area (Å²) in [4.78, 5) is 82.7. The van der Waals surface area contributed by atoms with Crippen LogP contribution in [0.25, 0.3) is 0 Å². The summed E-state index contributed by atoms with van der Waals surface area (Å²) in [6.07, 6.45) is 0.796. The second-order valence-electron chi connectivity index (χ2n) is 16.5. The van der Waals surface area contributed by atoms with Crippen LogP contribution in [0.3, 0.4) is 0 Å². The lowest BCUT2D eigenvalue weighted by atomic mass is 10.2. The number of nitrogens with zero attached hydrogens (tertiary/aromatic N) is 6. The molecule has 3 rings (SSSR count). The lowest BCUT2D eigenvalue weighted by molar-refractivity contribution is -0.155. The Bertz CT molecular complexity index is 1580. The van der Waals surface area contributed by atoms with E-state index in [1.807, 2.05) is 49.1 Å². The molecule has 324 valence electrons. The zero-order chi connectivity index (χ0) is 43.5. The zero-order valence-electron chi connectivity index (χ0n) is 36.6. The van der Waals surface area contributed by atoms with Crippen LogP contribution >= 0.6 is 0 Å². The molecule has 0 atom stereocenters. The van der Waals surface area contributed by atoms with Crippen molar-refractivity contribution in [1.82, 2.24) is 19.9 Å². The molecular formula is C42H67N7O9. The van der Waals surface area contributed by atoms with Crippen molar-refractivity contribution >= 4 is 47.6 Å². The molecule has 1 aliphatic rings. The summed E-state index contributed by atoms with van der Waals surface area (Å²) in [6.45, 7) is 22.4. The van der Waals surface area contributed by atoms with E-state index < -0.39 is 28.7 Å². The molecule has 0 unspecified atom stereocenters. The van der Waals surface area contributed by atoms with E-state index in [9.17, 15) is 24.0 Å². The maximum Gasteiger partial charge on any atom is 0.308 e. The van der Waals surface area contributed by atoms with Gasteiger partial charge in [-0.05, 0) is 74.3 Å². The average Bonchev–Trinajstić information content (AvgIpc) is 3.13. The van der Waals surface area contributed by atoms with Crippen molar-refractivity contribution in [2.24, 2.45) is 0 Å². The normalized spacial score (nSPS) is 13.1. The van der Waals surface area contributed by atoms with Crippen LogP contribution in [0.4, 0.5) is 17.8 Å². The summed E-state index contributed by atoms with van der Waals surface area (Å²) in [5.41, 5.74) is -1.09. The molecule has 1 fully saturated rings. The number of piperazine rings is 1. The molecule has 1 saturated heterocycles. The van der Waals surface area contributed by atoms with E-state index in [0.717, 1.165) is 5.56 Å². The van der Waals surface area contributed by atoms with Crippen molar-refractivity contribution in [2.45, 2.75) is 138 Å². The first kappa shape index (κ1) is 49.1. The lowest BCUT2D eigenvalue weighted by Crippen LogP contribution is -2.49. The van der Waals surface area contributed by atoms with Gasteiger partial charge in [0.05, 0.1) is 19.3 Å². The number of ether oxygens (including phenoxy) is 4. The molecule has 58 heavy (non-hydrogen) atoms. The standard InChI is InChI=1S/C40H61N7O9.C2H6/c1-38(2,3)54-32(50)18-21-41-35-42-36(46(22-19-33(51)55-39(4,5)6)23-20-34(52)56-40(7,8)9)44-37(43-35)47-26-24-45(25-27-47)30(48)16-13-17-31(49)53-28-29-14-11-10-12-15-29;1-2/h10-12,14-15H,13,16-28H2,1-9H3,(H,41,42,43,44);1-2H3. The van der Waals surface area contributed by atoms with E-state index in [0.29, 0.717) is 38.5 Å². The van der Waals surface area contributed by atoms with Gasteiger partial charge in [0.1, 0.15) is 23.4 Å². The zero-order valence-corrected chi connectivity index (χ0v) is 36.6. The second kappa shape index (κ2) is 23.4. The third-order valence-electron chi connectivity index (χ3n) is 7.87. The SMILES string of the molecule is CC.CC(C)(C)OC(=O)CCNc1nc(N(CCC(=O)OC(C)(C)C)CCC(=O)OC(C)(C)C)nc(N2CCN(C(=O)CCCC(=O)OCc3ccccc3)CC2)n1. The number of aromatic nitrogens is 3. The topological polar surface area (TPSA) is 183 Å². The van der Waals surface area contributed by atoms with Crippen LogP contribution in [0.1, 0.15) is 120 Å². The summed E-state index contributed by atoms with van der Waals surface area (Å²) in [6, 6.07) is 9.42. The van der Waals surface area contributed by atoms with Gasteiger partial charge in [0.25, 0.3) is 0 Å². The first-order valence-corrected chi connectivity index (χ1v) is 20.3. The smallest absolute Gasteiger partial charge is 0.308 e. The Labute approximate surface area is 344 Å². The summed E-state index contributed by atoms with van der Waals surface area (Å²) in [5.74, 6) is -0.923. The van der Waals surface area contributed by atoms with Crippen LogP contribution in [0.15, 0.2) is 30.3 Å². The highest BCUT2D eigenvalue weighted by molar-refractivity contribution is 5.77. The quantitative estimate of drug-likeness (QED) is 0.139. The van der Waals surface area contributed by atoms with Gasteiger partial charge in [-0.2, -0.15) is 15.0 Å². The van der Waals surface area contributed by atoms with E-state index in [2.05, 4.69) is 15.3 Å². The van der Waals surface area contributed by atoms with Crippen LogP contribution in [-0.2, 0) is 49.5 Å². The summed E-state index contributed by atoms with van der Waals surface area (Å²) >= 11 is 0. The van der Waals surface area contributed by atoms with Crippen molar-refractivity contribution in [3.05, 3.63) is 35.9 Å². The molecule has 1 amide bonds. The molecule has 0 saturated carbocycles. The first-order chi connectivity index (χ1) is 27.2. The number of carbonyl (C=O) groups is 5. The number of rotatable bonds is 18. The minimum Gasteiger partial charge on any atom is -0.461 e. The summed E-state index contributed by atoms with van der Waals surface area (Å²) < 4.78 is 21.8. The van der Waals surface area contributed by atoms with Crippen LogP contribution in [0, 0.1) is 0 Å². The molecule has 16 heteroatoms. The third kappa shape index (κ3) is 20.4. The number of anilines is 3. The van der Waals surface area contributed by atoms with Crippen LogP contribution < -0.4 is 15.1 Å². The van der Waals surface area contributed by atoms with E-state index in [-0.39, 0.29) is 88.1 Å². The van der Waals surface area contributed by atoms with Gasteiger partial charge in [0.15, 0.2) is 0 Å². The first-order valence-electron chi connectivity index (χ1n) is 20.3. The Morgan fingerprint density at radius 2 is 1.17 bits per heavy atom. The van der Waals surface area contributed by atoms with Crippen molar-refractivity contribution < 1.29 is 42.9 Å². The maximum atomic E-state index is 13.1. The highest BCUT2D eigenvalue weighted by Gasteiger charge is 2.26. The molecule has 16 nitrogen and oxygen atoms in total. The number of benzene rings is 1. The Balaban J connectivity index is 0.00000571. The molecular weight excluding hydrogens is 747 g/mol. The summed E-state index contributed by atoms with van der Waals surface area (Å²) in [5, 5.41) is 3.10. The molecule has 1 aromatic heterocycles. The molecule has 0 bridgehead atoms. The largest absolute Gasteiger partial charge is 0.461 e. The highest BCUT2D eigenvalue weighted by Crippen LogP contribution is 2.21. The number of carbonyl (C=O) groups excluding carboxylic acids is 5. The fourth-order valence-electron chi connectivity index (χ4n) is 5.44. The molecule has 2 heterocycles. The van der Waals surface area contributed by atoms with Gasteiger partial charge in [-0.1, -0.05) is 44.2 Å². The minimum atomic E-state index is -0.679. The van der Waals surface area contributed by atoms with Crippen molar-refractivity contribution in [3.8, 4) is 0 Å². The van der Waals surface area contributed by atoms with Gasteiger partial charge in [-0.15, -0.1) is 0 Å². The van der Waals surface area contributed by atoms with Crippen molar-refractivity contribution in [1.29, 1.82) is 0 Å². The fraction of sp³-hybridized carbons (Fsp3) is 0.667. The van der Waals surface area contributed by atoms with Gasteiger partial charge in [0, 0.05) is 58.7 Å². The van der Waals surface area contributed by atoms with Crippen LogP contribution in [0.2, 0.25) is 0 Å². The average molecular weight is 814 g/mol. The number of hydrogen-bond donors (Lipinski definition) is 1. The fourth-order valence-corrected chi connectivity index (χ4v) is 5.44. The number of nitrogens with one attached hydrogen (secondary N) is 1. The van der Waals surface area contributed by atoms with E-state index in [1.54, 1.807) is 72.1 Å². The Kier molecular flexibility index (Phi) is 19.8. The molecule has 1 aliphatic heterocycles.